The van der Waals surface area contributed by atoms with Crippen LogP contribution in [0.1, 0.15) is 29.8 Å². The van der Waals surface area contributed by atoms with Crippen LogP contribution in [0.5, 0.6) is 0 Å². The van der Waals surface area contributed by atoms with E-state index in [-0.39, 0.29) is 5.56 Å². The Balaban J connectivity index is 2.32. The third-order valence-electron chi connectivity index (χ3n) is 3.13. The standard InChI is InChI=1S/C17H17BrO2/c1-11(2)9-12-3-5-13(6-4-12)14-7-8-16(18)15(10-14)17(19)20/h3-8,10-11H,9H2,1-2H3,(H,19,20). The van der Waals surface area contributed by atoms with Crippen molar-refractivity contribution in [2.75, 3.05) is 0 Å². The van der Waals surface area contributed by atoms with Crippen molar-refractivity contribution in [2.24, 2.45) is 5.92 Å². The molecular formula is C17H17BrO2. The molecule has 0 saturated carbocycles. The molecule has 104 valence electrons. The summed E-state index contributed by atoms with van der Waals surface area (Å²) in [5.74, 6) is -0.290. The molecule has 0 heterocycles. The number of aromatic carboxylic acids is 1. The Morgan fingerprint density at radius 2 is 1.70 bits per heavy atom. The molecule has 0 aliphatic heterocycles. The van der Waals surface area contributed by atoms with Crippen molar-refractivity contribution in [1.29, 1.82) is 0 Å². The Labute approximate surface area is 127 Å². The number of halogens is 1. The largest absolute Gasteiger partial charge is 0.478 e. The lowest BCUT2D eigenvalue weighted by Gasteiger charge is -2.08. The van der Waals surface area contributed by atoms with Gasteiger partial charge >= 0.3 is 5.97 Å². The first-order valence-electron chi connectivity index (χ1n) is 6.59. The number of carbonyl (C=O) groups is 1. The molecule has 0 aromatic heterocycles. The van der Waals surface area contributed by atoms with Crippen LogP contribution in [-0.2, 0) is 6.42 Å². The van der Waals surface area contributed by atoms with Gasteiger partial charge in [0.1, 0.15) is 0 Å². The van der Waals surface area contributed by atoms with Gasteiger partial charge in [-0.3, -0.25) is 0 Å². The Hall–Kier alpha value is -1.61. The normalized spacial score (nSPS) is 10.8. The van der Waals surface area contributed by atoms with Gasteiger partial charge in [-0.05, 0) is 57.1 Å². The van der Waals surface area contributed by atoms with Crippen LogP contribution in [0, 0.1) is 5.92 Å². The average molecular weight is 333 g/mol. The molecule has 2 aromatic carbocycles. The molecule has 2 rings (SSSR count). The fourth-order valence-electron chi connectivity index (χ4n) is 2.17. The maximum absolute atomic E-state index is 11.2. The van der Waals surface area contributed by atoms with E-state index < -0.39 is 5.97 Å². The van der Waals surface area contributed by atoms with Crippen LogP contribution in [-0.4, -0.2) is 11.1 Å². The first kappa shape index (κ1) is 14.8. The van der Waals surface area contributed by atoms with Crippen LogP contribution < -0.4 is 0 Å². The second kappa shape index (κ2) is 6.23. The van der Waals surface area contributed by atoms with Gasteiger partial charge in [-0.1, -0.05) is 44.2 Å². The summed E-state index contributed by atoms with van der Waals surface area (Å²) in [7, 11) is 0. The van der Waals surface area contributed by atoms with E-state index in [9.17, 15) is 4.79 Å². The summed E-state index contributed by atoms with van der Waals surface area (Å²) in [5.41, 5.74) is 3.54. The summed E-state index contributed by atoms with van der Waals surface area (Å²) in [6.07, 6.45) is 1.06. The van der Waals surface area contributed by atoms with E-state index in [0.29, 0.717) is 10.4 Å². The van der Waals surface area contributed by atoms with Crippen molar-refractivity contribution < 1.29 is 9.90 Å². The molecule has 0 amide bonds. The fourth-order valence-corrected chi connectivity index (χ4v) is 2.59. The average Bonchev–Trinajstić information content (AvgIpc) is 2.39. The molecule has 0 atom stereocenters. The molecule has 0 radical (unpaired) electrons. The monoisotopic (exact) mass is 332 g/mol. The molecule has 3 heteroatoms. The number of carboxylic acid groups (broad SMARTS) is 1. The Bertz CT molecular complexity index is 615. The van der Waals surface area contributed by atoms with E-state index in [2.05, 4.69) is 41.9 Å². The zero-order valence-corrected chi connectivity index (χ0v) is 13.1. The first-order valence-corrected chi connectivity index (χ1v) is 7.39. The van der Waals surface area contributed by atoms with E-state index >= 15 is 0 Å². The van der Waals surface area contributed by atoms with Crippen molar-refractivity contribution in [3.8, 4) is 11.1 Å². The molecule has 0 aliphatic carbocycles. The van der Waals surface area contributed by atoms with Gasteiger partial charge in [0.15, 0.2) is 0 Å². The molecule has 20 heavy (non-hydrogen) atoms. The van der Waals surface area contributed by atoms with E-state index in [1.807, 2.05) is 18.2 Å². The molecule has 0 fully saturated rings. The van der Waals surface area contributed by atoms with Crippen LogP contribution in [0.15, 0.2) is 46.9 Å². The van der Waals surface area contributed by atoms with E-state index in [4.69, 9.17) is 5.11 Å². The van der Waals surface area contributed by atoms with Gasteiger partial charge in [0.05, 0.1) is 5.56 Å². The lowest BCUT2D eigenvalue weighted by molar-refractivity contribution is 0.0696. The van der Waals surface area contributed by atoms with E-state index in [0.717, 1.165) is 17.5 Å². The highest BCUT2D eigenvalue weighted by Gasteiger charge is 2.10. The molecule has 1 N–H and O–H groups in total. The highest BCUT2D eigenvalue weighted by atomic mass is 79.9. The highest BCUT2D eigenvalue weighted by Crippen LogP contribution is 2.26. The molecule has 0 aliphatic rings. The van der Waals surface area contributed by atoms with E-state index in [1.54, 1.807) is 12.1 Å². The Morgan fingerprint density at radius 1 is 1.10 bits per heavy atom. The molecule has 2 aromatic rings. The Kier molecular flexibility index (Phi) is 4.61. The van der Waals surface area contributed by atoms with Gasteiger partial charge in [0.25, 0.3) is 0 Å². The number of rotatable bonds is 4. The smallest absolute Gasteiger partial charge is 0.336 e. The summed E-state index contributed by atoms with van der Waals surface area (Å²) in [6, 6.07) is 13.7. The summed E-state index contributed by atoms with van der Waals surface area (Å²) >= 11 is 3.26. The zero-order valence-electron chi connectivity index (χ0n) is 11.6. The maximum atomic E-state index is 11.2. The third kappa shape index (κ3) is 3.48. The van der Waals surface area contributed by atoms with E-state index in [1.165, 1.54) is 5.56 Å². The van der Waals surface area contributed by atoms with Gasteiger partial charge in [-0.2, -0.15) is 0 Å². The minimum atomic E-state index is -0.921. The zero-order chi connectivity index (χ0) is 14.7. The third-order valence-corrected chi connectivity index (χ3v) is 3.82. The second-order valence-electron chi connectivity index (χ2n) is 5.29. The second-order valence-corrected chi connectivity index (χ2v) is 6.15. The summed E-state index contributed by atoms with van der Waals surface area (Å²) in [4.78, 5) is 11.2. The Morgan fingerprint density at radius 3 is 2.25 bits per heavy atom. The molecule has 0 saturated heterocycles. The topological polar surface area (TPSA) is 37.3 Å². The number of hydrogen-bond acceptors (Lipinski definition) is 1. The minimum Gasteiger partial charge on any atom is -0.478 e. The number of carboxylic acids is 1. The number of hydrogen-bond donors (Lipinski definition) is 1. The van der Waals surface area contributed by atoms with Gasteiger partial charge in [0.2, 0.25) is 0 Å². The summed E-state index contributed by atoms with van der Waals surface area (Å²) < 4.78 is 0.602. The lowest BCUT2D eigenvalue weighted by atomic mass is 9.98. The molecule has 0 unspecified atom stereocenters. The SMILES string of the molecule is CC(C)Cc1ccc(-c2ccc(Br)c(C(=O)O)c2)cc1. The fraction of sp³-hybridized carbons (Fsp3) is 0.235. The van der Waals surface area contributed by atoms with Gasteiger partial charge in [0, 0.05) is 4.47 Å². The van der Waals surface area contributed by atoms with Crippen LogP contribution in [0.3, 0.4) is 0 Å². The van der Waals surface area contributed by atoms with Gasteiger partial charge < -0.3 is 5.11 Å². The maximum Gasteiger partial charge on any atom is 0.336 e. The number of benzene rings is 2. The molecule has 0 bridgehead atoms. The quantitative estimate of drug-likeness (QED) is 0.854. The van der Waals surface area contributed by atoms with Crippen LogP contribution in [0.4, 0.5) is 0 Å². The molecule has 0 spiro atoms. The molecular weight excluding hydrogens is 316 g/mol. The summed E-state index contributed by atoms with van der Waals surface area (Å²) in [6.45, 7) is 4.39. The van der Waals surface area contributed by atoms with Crippen LogP contribution >= 0.6 is 15.9 Å². The summed E-state index contributed by atoms with van der Waals surface area (Å²) in [5, 5.41) is 9.15. The molecule has 2 nitrogen and oxygen atoms in total. The van der Waals surface area contributed by atoms with Crippen LogP contribution in [0.25, 0.3) is 11.1 Å². The van der Waals surface area contributed by atoms with Gasteiger partial charge in [-0.15, -0.1) is 0 Å². The van der Waals surface area contributed by atoms with Gasteiger partial charge in [-0.25, -0.2) is 4.79 Å². The van der Waals surface area contributed by atoms with Crippen molar-refractivity contribution in [3.05, 3.63) is 58.1 Å². The predicted molar refractivity (Wildman–Crippen MR) is 85.1 cm³/mol. The van der Waals surface area contributed by atoms with Crippen molar-refractivity contribution in [1.82, 2.24) is 0 Å². The van der Waals surface area contributed by atoms with Crippen molar-refractivity contribution in [3.63, 3.8) is 0 Å². The van der Waals surface area contributed by atoms with Crippen molar-refractivity contribution >= 4 is 21.9 Å². The lowest BCUT2D eigenvalue weighted by Crippen LogP contribution is -1.98. The van der Waals surface area contributed by atoms with Crippen molar-refractivity contribution in [2.45, 2.75) is 20.3 Å². The highest BCUT2D eigenvalue weighted by molar-refractivity contribution is 9.10. The minimum absolute atomic E-state index is 0.286. The van der Waals surface area contributed by atoms with Crippen LogP contribution in [0.2, 0.25) is 0 Å². The first-order chi connectivity index (χ1) is 9.47. The predicted octanol–water partition coefficient (Wildman–Crippen LogP) is 5.01.